The number of hydrogen-bond donors (Lipinski definition) is 0. The number of aromatic nitrogens is 1. The minimum Gasteiger partial charge on any atom is -0.370 e. The lowest BCUT2D eigenvalue weighted by molar-refractivity contribution is -0.125. The standard InChI is InChI=1S/C19H21N3O2/c23-18-14-24-11-10-22(18)19-17-7-9-21(13-16(17)6-8-20-19)12-15-4-2-1-3-5-15/h1-6,8H,7,9-14H2. The molecule has 3 heterocycles. The van der Waals surface area contributed by atoms with E-state index in [0.717, 1.165) is 31.9 Å². The molecule has 124 valence electrons. The Balaban J connectivity index is 1.54. The van der Waals surface area contributed by atoms with Gasteiger partial charge in [0.25, 0.3) is 5.91 Å². The fraction of sp³-hybridized carbons (Fsp3) is 0.368. The molecule has 0 saturated carbocycles. The van der Waals surface area contributed by atoms with Crippen molar-refractivity contribution in [1.29, 1.82) is 0 Å². The van der Waals surface area contributed by atoms with Gasteiger partial charge >= 0.3 is 0 Å². The largest absolute Gasteiger partial charge is 0.370 e. The van der Waals surface area contributed by atoms with E-state index < -0.39 is 0 Å². The van der Waals surface area contributed by atoms with Crippen LogP contribution in [0.4, 0.5) is 5.82 Å². The first-order chi connectivity index (χ1) is 11.8. The van der Waals surface area contributed by atoms with Crippen LogP contribution >= 0.6 is 0 Å². The summed E-state index contributed by atoms with van der Waals surface area (Å²) in [4.78, 5) is 20.9. The molecular weight excluding hydrogens is 302 g/mol. The van der Waals surface area contributed by atoms with Crippen LogP contribution in [-0.4, -0.2) is 42.1 Å². The number of morpholine rings is 1. The SMILES string of the molecule is O=C1COCCN1c1nccc2c1CCN(Cc1ccccc1)C2. The monoisotopic (exact) mass is 323 g/mol. The number of benzene rings is 1. The van der Waals surface area contributed by atoms with Gasteiger partial charge in [0.05, 0.1) is 13.2 Å². The van der Waals surface area contributed by atoms with E-state index >= 15 is 0 Å². The molecule has 0 spiro atoms. The molecule has 1 aromatic heterocycles. The molecule has 0 atom stereocenters. The number of nitrogens with zero attached hydrogens (tertiary/aromatic N) is 3. The Hall–Kier alpha value is -2.24. The Morgan fingerprint density at radius 1 is 1.12 bits per heavy atom. The van der Waals surface area contributed by atoms with E-state index in [9.17, 15) is 4.79 Å². The maximum absolute atomic E-state index is 12.1. The number of carbonyl (C=O) groups is 1. The lowest BCUT2D eigenvalue weighted by Gasteiger charge is -2.33. The summed E-state index contributed by atoms with van der Waals surface area (Å²) in [5.41, 5.74) is 3.83. The van der Waals surface area contributed by atoms with Crippen molar-refractivity contribution in [1.82, 2.24) is 9.88 Å². The Bertz CT molecular complexity index is 733. The number of anilines is 1. The molecule has 0 aliphatic carbocycles. The second-order valence-corrected chi connectivity index (χ2v) is 6.32. The van der Waals surface area contributed by atoms with Gasteiger partial charge in [-0.15, -0.1) is 0 Å². The van der Waals surface area contributed by atoms with Gasteiger partial charge in [-0.2, -0.15) is 0 Å². The molecule has 4 rings (SSSR count). The quantitative estimate of drug-likeness (QED) is 0.867. The summed E-state index contributed by atoms with van der Waals surface area (Å²) in [6, 6.07) is 12.6. The van der Waals surface area contributed by atoms with E-state index in [2.05, 4.69) is 40.2 Å². The third-order valence-electron chi connectivity index (χ3n) is 4.69. The van der Waals surface area contributed by atoms with Gasteiger partial charge in [0, 0.05) is 31.4 Å². The molecule has 2 aliphatic heterocycles. The van der Waals surface area contributed by atoms with Crippen LogP contribution in [0.1, 0.15) is 16.7 Å². The second-order valence-electron chi connectivity index (χ2n) is 6.32. The van der Waals surface area contributed by atoms with Crippen molar-refractivity contribution < 1.29 is 9.53 Å². The Labute approximate surface area is 141 Å². The minimum atomic E-state index is 0.00821. The van der Waals surface area contributed by atoms with E-state index in [1.54, 1.807) is 4.90 Å². The maximum atomic E-state index is 12.1. The van der Waals surface area contributed by atoms with Gasteiger partial charge in [0.1, 0.15) is 12.4 Å². The molecular formula is C19H21N3O2. The van der Waals surface area contributed by atoms with E-state index in [-0.39, 0.29) is 12.5 Å². The van der Waals surface area contributed by atoms with Gasteiger partial charge in [-0.05, 0) is 23.6 Å². The number of amides is 1. The third-order valence-corrected chi connectivity index (χ3v) is 4.69. The zero-order chi connectivity index (χ0) is 16.4. The molecule has 2 aliphatic rings. The van der Waals surface area contributed by atoms with E-state index in [0.29, 0.717) is 13.2 Å². The number of fused-ring (bicyclic) bond motifs is 1. The summed E-state index contributed by atoms with van der Waals surface area (Å²) in [7, 11) is 0. The molecule has 5 heteroatoms. The van der Waals surface area contributed by atoms with Gasteiger partial charge in [-0.3, -0.25) is 14.6 Å². The number of carbonyl (C=O) groups excluding carboxylic acids is 1. The van der Waals surface area contributed by atoms with E-state index in [1.165, 1.54) is 16.7 Å². The molecule has 0 N–H and O–H groups in total. The van der Waals surface area contributed by atoms with Gasteiger partial charge in [-0.25, -0.2) is 4.98 Å². The van der Waals surface area contributed by atoms with E-state index in [1.807, 2.05) is 12.3 Å². The molecule has 0 unspecified atom stereocenters. The van der Waals surface area contributed by atoms with Crippen LogP contribution < -0.4 is 4.90 Å². The molecule has 5 nitrogen and oxygen atoms in total. The van der Waals surface area contributed by atoms with Crippen molar-refractivity contribution in [3.63, 3.8) is 0 Å². The maximum Gasteiger partial charge on any atom is 0.254 e. The van der Waals surface area contributed by atoms with Crippen molar-refractivity contribution in [2.24, 2.45) is 0 Å². The Morgan fingerprint density at radius 3 is 2.83 bits per heavy atom. The molecule has 1 amide bonds. The number of rotatable bonds is 3. The molecule has 1 saturated heterocycles. The van der Waals surface area contributed by atoms with Crippen molar-refractivity contribution in [3.05, 3.63) is 59.3 Å². The van der Waals surface area contributed by atoms with Crippen molar-refractivity contribution in [2.45, 2.75) is 19.5 Å². The lowest BCUT2D eigenvalue weighted by atomic mass is 9.99. The fourth-order valence-corrected chi connectivity index (χ4v) is 3.48. The fourth-order valence-electron chi connectivity index (χ4n) is 3.48. The van der Waals surface area contributed by atoms with Crippen LogP contribution in [0.25, 0.3) is 0 Å². The van der Waals surface area contributed by atoms with Crippen molar-refractivity contribution in [3.8, 4) is 0 Å². The average Bonchev–Trinajstić information content (AvgIpc) is 2.62. The highest BCUT2D eigenvalue weighted by atomic mass is 16.5. The van der Waals surface area contributed by atoms with Crippen LogP contribution in [0.2, 0.25) is 0 Å². The van der Waals surface area contributed by atoms with Crippen LogP contribution in [0.15, 0.2) is 42.6 Å². The molecule has 1 aromatic carbocycles. The molecule has 2 aromatic rings. The zero-order valence-corrected chi connectivity index (χ0v) is 13.6. The summed E-state index contributed by atoms with van der Waals surface area (Å²) >= 11 is 0. The Morgan fingerprint density at radius 2 is 2.00 bits per heavy atom. The minimum absolute atomic E-state index is 0.00821. The molecule has 0 radical (unpaired) electrons. The second kappa shape index (κ2) is 6.71. The predicted octanol–water partition coefficient (Wildman–Crippen LogP) is 2.00. The predicted molar refractivity (Wildman–Crippen MR) is 91.7 cm³/mol. The summed E-state index contributed by atoms with van der Waals surface area (Å²) in [6.07, 6.45) is 2.75. The Kier molecular flexibility index (Phi) is 4.28. The summed E-state index contributed by atoms with van der Waals surface area (Å²) in [6.45, 7) is 4.17. The summed E-state index contributed by atoms with van der Waals surface area (Å²) in [5, 5.41) is 0. The van der Waals surface area contributed by atoms with Gasteiger partial charge in [-0.1, -0.05) is 30.3 Å². The van der Waals surface area contributed by atoms with E-state index in [4.69, 9.17) is 4.74 Å². The highest BCUT2D eigenvalue weighted by molar-refractivity contribution is 5.94. The smallest absolute Gasteiger partial charge is 0.254 e. The van der Waals surface area contributed by atoms with Gasteiger partial charge in [0.2, 0.25) is 0 Å². The number of hydrogen-bond acceptors (Lipinski definition) is 4. The molecule has 0 bridgehead atoms. The molecule has 1 fully saturated rings. The first-order valence-corrected chi connectivity index (χ1v) is 8.42. The topological polar surface area (TPSA) is 45.7 Å². The van der Waals surface area contributed by atoms with Crippen LogP contribution in [0.5, 0.6) is 0 Å². The van der Waals surface area contributed by atoms with Crippen molar-refractivity contribution in [2.75, 3.05) is 31.2 Å². The number of ether oxygens (including phenoxy) is 1. The summed E-state index contributed by atoms with van der Waals surface area (Å²) < 4.78 is 5.23. The lowest BCUT2D eigenvalue weighted by Crippen LogP contribution is -2.43. The van der Waals surface area contributed by atoms with Crippen LogP contribution in [-0.2, 0) is 29.0 Å². The van der Waals surface area contributed by atoms with Gasteiger partial charge in [0.15, 0.2) is 0 Å². The van der Waals surface area contributed by atoms with Crippen molar-refractivity contribution >= 4 is 11.7 Å². The highest BCUT2D eigenvalue weighted by Gasteiger charge is 2.27. The zero-order valence-electron chi connectivity index (χ0n) is 13.6. The number of pyridine rings is 1. The third kappa shape index (κ3) is 3.05. The van der Waals surface area contributed by atoms with Crippen LogP contribution in [0, 0.1) is 0 Å². The average molecular weight is 323 g/mol. The van der Waals surface area contributed by atoms with Crippen LogP contribution in [0.3, 0.4) is 0 Å². The first kappa shape index (κ1) is 15.3. The summed E-state index contributed by atoms with van der Waals surface area (Å²) in [5.74, 6) is 0.842. The normalized spacial score (nSPS) is 18.5. The first-order valence-electron chi connectivity index (χ1n) is 8.42. The molecule has 24 heavy (non-hydrogen) atoms. The van der Waals surface area contributed by atoms with Gasteiger partial charge < -0.3 is 4.74 Å². The highest BCUT2D eigenvalue weighted by Crippen LogP contribution is 2.28.